The van der Waals surface area contributed by atoms with E-state index in [0.717, 1.165) is 24.0 Å². The molecule has 0 heterocycles. The monoisotopic (exact) mass is 434 g/mol. The fourth-order valence-corrected chi connectivity index (χ4v) is 6.64. The van der Waals surface area contributed by atoms with Crippen molar-refractivity contribution in [2.75, 3.05) is 0 Å². The van der Waals surface area contributed by atoms with Crippen LogP contribution < -0.4 is 0 Å². The molecule has 3 fully saturated rings. The van der Waals surface area contributed by atoms with Crippen molar-refractivity contribution in [1.29, 1.82) is 0 Å². The highest BCUT2D eigenvalue weighted by atomic mass is 19.1. The predicted octanol–water partition coefficient (Wildman–Crippen LogP) is 5.65. The molecule has 0 amide bonds. The first kappa shape index (κ1) is 24.7. The van der Waals surface area contributed by atoms with Gasteiger partial charge < -0.3 is 15.3 Å². The third-order valence-corrected chi connectivity index (χ3v) is 8.68. The minimum atomic E-state index is -1.54. The smallest absolute Gasteiger partial charge is 0.131 e. The lowest BCUT2D eigenvalue weighted by Crippen LogP contribution is -2.37. The van der Waals surface area contributed by atoms with E-state index in [1.165, 1.54) is 45.1 Å². The van der Waals surface area contributed by atoms with Crippen molar-refractivity contribution >= 4 is 0 Å². The lowest BCUT2D eigenvalue weighted by molar-refractivity contribution is 0.00301. The van der Waals surface area contributed by atoms with E-state index in [1.54, 1.807) is 0 Å². The lowest BCUT2D eigenvalue weighted by Gasteiger charge is -2.44. The van der Waals surface area contributed by atoms with E-state index in [4.69, 9.17) is 0 Å². The quantitative estimate of drug-likeness (QED) is 0.506. The average molecular weight is 435 g/mol. The summed E-state index contributed by atoms with van der Waals surface area (Å²) in [5.74, 6) is 1.62. The molecule has 3 saturated carbocycles. The molecule has 4 heteroatoms. The molecule has 3 aliphatic rings. The predicted molar refractivity (Wildman–Crippen MR) is 124 cm³/mol. The van der Waals surface area contributed by atoms with Crippen LogP contribution in [0.25, 0.3) is 0 Å². The molecule has 3 aliphatic carbocycles. The fourth-order valence-electron chi connectivity index (χ4n) is 6.64. The first-order valence-corrected chi connectivity index (χ1v) is 12.3. The van der Waals surface area contributed by atoms with Crippen LogP contribution in [-0.2, 0) is 0 Å². The summed E-state index contributed by atoms with van der Waals surface area (Å²) in [5, 5.41) is 30.3. The molecular formula is C27H43FO3. The summed E-state index contributed by atoms with van der Waals surface area (Å²) in [4.78, 5) is 0. The number of allylic oxidation sites excluding steroid dienone is 3. The molecule has 0 aliphatic heterocycles. The third kappa shape index (κ3) is 5.34. The summed E-state index contributed by atoms with van der Waals surface area (Å²) < 4.78 is 14.0. The number of hydrogen-bond donors (Lipinski definition) is 3. The molecule has 0 unspecified atom stereocenters. The Morgan fingerprint density at radius 2 is 1.94 bits per heavy atom. The van der Waals surface area contributed by atoms with Crippen LogP contribution >= 0.6 is 0 Å². The Morgan fingerprint density at radius 1 is 1.23 bits per heavy atom. The van der Waals surface area contributed by atoms with E-state index in [9.17, 15) is 19.7 Å². The maximum absolute atomic E-state index is 14.0. The maximum Gasteiger partial charge on any atom is 0.131 e. The minimum absolute atomic E-state index is 0.251. The molecule has 0 radical (unpaired) electrons. The average Bonchev–Trinajstić information content (AvgIpc) is 3.04. The van der Waals surface area contributed by atoms with Crippen molar-refractivity contribution in [3.8, 4) is 0 Å². The van der Waals surface area contributed by atoms with Crippen LogP contribution in [0.5, 0.6) is 0 Å². The Labute approximate surface area is 188 Å². The second-order valence-electron chi connectivity index (χ2n) is 11.3. The van der Waals surface area contributed by atoms with Gasteiger partial charge in [-0.25, -0.2) is 4.39 Å². The molecule has 31 heavy (non-hydrogen) atoms. The van der Waals surface area contributed by atoms with Crippen LogP contribution in [0, 0.1) is 23.2 Å². The van der Waals surface area contributed by atoms with E-state index < -0.39 is 24.0 Å². The Bertz CT molecular complexity index is 718. The van der Waals surface area contributed by atoms with Crippen LogP contribution in [0.2, 0.25) is 0 Å². The third-order valence-electron chi connectivity index (χ3n) is 8.68. The van der Waals surface area contributed by atoms with Crippen molar-refractivity contribution in [3.05, 3.63) is 35.5 Å². The van der Waals surface area contributed by atoms with Crippen molar-refractivity contribution in [2.45, 2.75) is 109 Å². The zero-order chi connectivity index (χ0) is 23.0. The van der Waals surface area contributed by atoms with Crippen molar-refractivity contribution in [3.63, 3.8) is 0 Å². The van der Waals surface area contributed by atoms with Crippen molar-refractivity contribution < 1.29 is 19.7 Å². The molecule has 176 valence electrons. The van der Waals surface area contributed by atoms with E-state index in [0.29, 0.717) is 37.0 Å². The number of aliphatic hydroxyl groups excluding tert-OH is 3. The van der Waals surface area contributed by atoms with E-state index in [-0.39, 0.29) is 5.41 Å². The van der Waals surface area contributed by atoms with Gasteiger partial charge in [-0.1, -0.05) is 38.2 Å². The second-order valence-corrected chi connectivity index (χ2v) is 11.3. The van der Waals surface area contributed by atoms with Crippen LogP contribution in [0.4, 0.5) is 4.39 Å². The molecular weight excluding hydrogens is 391 g/mol. The topological polar surface area (TPSA) is 60.7 Å². The van der Waals surface area contributed by atoms with Crippen LogP contribution in [0.15, 0.2) is 35.5 Å². The Balaban J connectivity index is 1.71. The Hall–Kier alpha value is -0.970. The van der Waals surface area contributed by atoms with Crippen LogP contribution in [0.1, 0.15) is 85.5 Å². The van der Waals surface area contributed by atoms with Crippen LogP contribution in [-0.4, -0.2) is 39.3 Å². The number of aliphatic hydroxyl groups is 3. The molecule has 3 nitrogen and oxygen atoms in total. The van der Waals surface area contributed by atoms with E-state index in [2.05, 4.69) is 32.6 Å². The van der Waals surface area contributed by atoms with E-state index >= 15 is 0 Å². The summed E-state index contributed by atoms with van der Waals surface area (Å²) >= 11 is 0. The minimum Gasteiger partial charge on any atom is -0.393 e. The Kier molecular flexibility index (Phi) is 7.55. The number of alkyl halides is 1. The van der Waals surface area contributed by atoms with Gasteiger partial charge in [-0.3, -0.25) is 0 Å². The summed E-state index contributed by atoms with van der Waals surface area (Å²) in [6.07, 6.45) is 10.5. The zero-order valence-electron chi connectivity index (χ0n) is 19.9. The SMILES string of the molecule is C=C1/C(=C\C=C2/CCC[C@]3(C)[C@@H]([C@H](C)CC[C@@H](O)C(C)(C)F)CC[C@@H]23)C[C@@H](O)C[C@@H]1O. The number of hydrogen-bond acceptors (Lipinski definition) is 3. The molecule has 0 aromatic carbocycles. The molecule has 3 N–H and O–H groups in total. The van der Waals surface area contributed by atoms with E-state index in [1.807, 2.05) is 0 Å². The molecule has 3 rings (SSSR count). The van der Waals surface area contributed by atoms with Crippen LogP contribution in [0.3, 0.4) is 0 Å². The second kappa shape index (κ2) is 9.49. The van der Waals surface area contributed by atoms with Gasteiger partial charge in [0.15, 0.2) is 0 Å². The number of halogens is 1. The van der Waals surface area contributed by atoms with Gasteiger partial charge in [0, 0.05) is 6.42 Å². The molecule has 0 bridgehead atoms. The van der Waals surface area contributed by atoms with Crippen molar-refractivity contribution in [1.82, 2.24) is 0 Å². The first-order chi connectivity index (χ1) is 14.4. The molecule has 0 aromatic rings. The fraction of sp³-hybridized carbons (Fsp3) is 0.778. The largest absolute Gasteiger partial charge is 0.393 e. The Morgan fingerprint density at radius 3 is 2.61 bits per heavy atom. The summed E-state index contributed by atoms with van der Waals surface area (Å²) in [7, 11) is 0. The van der Waals surface area contributed by atoms with Gasteiger partial charge in [0.25, 0.3) is 0 Å². The van der Waals surface area contributed by atoms with Gasteiger partial charge in [-0.2, -0.15) is 0 Å². The first-order valence-electron chi connectivity index (χ1n) is 12.3. The number of fused-ring (bicyclic) bond motifs is 1. The molecule has 7 atom stereocenters. The molecule has 0 spiro atoms. The van der Waals surface area contributed by atoms with Gasteiger partial charge in [0.1, 0.15) is 5.67 Å². The summed E-state index contributed by atoms with van der Waals surface area (Å²) in [5.41, 5.74) is 1.91. The molecule has 0 saturated heterocycles. The number of rotatable bonds is 6. The maximum atomic E-state index is 14.0. The highest BCUT2D eigenvalue weighted by Crippen LogP contribution is 2.60. The van der Waals surface area contributed by atoms with Gasteiger partial charge >= 0.3 is 0 Å². The van der Waals surface area contributed by atoms with Gasteiger partial charge in [-0.15, -0.1) is 0 Å². The summed E-state index contributed by atoms with van der Waals surface area (Å²) in [6.45, 7) is 11.7. The zero-order valence-corrected chi connectivity index (χ0v) is 19.9. The standard InChI is InChI=1S/C27H43FO3/c1-17(8-13-25(31)26(3,4)28)22-11-12-23-19(7-6-14-27(22,23)5)9-10-20-15-21(29)16-24(30)18(20)2/h9-10,17,21-25,29-31H,2,6-8,11-16H2,1,3-5H3/b19-9+,20-10-/t17-,21-,22-,23+,24+,25-,27-/m1/s1. The lowest BCUT2D eigenvalue weighted by atomic mass is 9.60. The van der Waals surface area contributed by atoms with Gasteiger partial charge in [-0.05, 0) is 99.5 Å². The summed E-state index contributed by atoms with van der Waals surface area (Å²) in [6, 6.07) is 0. The highest BCUT2D eigenvalue weighted by Gasteiger charge is 2.50. The highest BCUT2D eigenvalue weighted by molar-refractivity contribution is 5.38. The van der Waals surface area contributed by atoms with Crippen molar-refractivity contribution in [2.24, 2.45) is 23.2 Å². The molecule has 0 aromatic heterocycles. The van der Waals surface area contributed by atoms with Gasteiger partial charge in [0.05, 0.1) is 18.3 Å². The normalized spacial score (nSPS) is 39.0. The van der Waals surface area contributed by atoms with Gasteiger partial charge in [0.2, 0.25) is 0 Å².